The van der Waals surface area contributed by atoms with Gasteiger partial charge in [0.2, 0.25) is 11.8 Å². The maximum atomic E-state index is 12.5. The van der Waals surface area contributed by atoms with Gasteiger partial charge in [-0.2, -0.15) is 0 Å². The molecule has 25 heavy (non-hydrogen) atoms. The van der Waals surface area contributed by atoms with Crippen LogP contribution in [0.5, 0.6) is 5.75 Å². The van der Waals surface area contributed by atoms with Crippen molar-refractivity contribution in [3.63, 3.8) is 0 Å². The van der Waals surface area contributed by atoms with Crippen LogP contribution >= 0.6 is 12.4 Å². The number of amides is 2. The van der Waals surface area contributed by atoms with Crippen molar-refractivity contribution in [2.45, 2.75) is 25.7 Å². The van der Waals surface area contributed by atoms with E-state index in [0.717, 1.165) is 43.7 Å². The lowest BCUT2D eigenvalue weighted by Gasteiger charge is -2.32. The number of carbonyl (C=O) groups is 2. The summed E-state index contributed by atoms with van der Waals surface area (Å²) < 4.78 is 5.42. The monoisotopic (exact) mass is 367 g/mol. The van der Waals surface area contributed by atoms with Gasteiger partial charge in [0.15, 0.2) is 0 Å². The van der Waals surface area contributed by atoms with E-state index in [-0.39, 0.29) is 36.1 Å². The van der Waals surface area contributed by atoms with E-state index in [9.17, 15) is 9.59 Å². The van der Waals surface area contributed by atoms with E-state index in [1.54, 1.807) is 0 Å². The Bertz CT molecular complexity index is 590. The number of benzene rings is 1. The number of carbonyl (C=O) groups excluding carboxylic acids is 2. The van der Waals surface area contributed by atoms with Crippen LogP contribution in [-0.2, 0) is 9.59 Å². The molecule has 2 amide bonds. The molecule has 6 nitrogen and oxygen atoms in total. The second-order valence-corrected chi connectivity index (χ2v) is 6.55. The molecule has 1 aromatic rings. The Labute approximate surface area is 154 Å². The smallest absolute Gasteiger partial charge is 0.229 e. The first-order valence-corrected chi connectivity index (χ1v) is 8.70. The highest BCUT2D eigenvalue weighted by Crippen LogP contribution is 2.32. The van der Waals surface area contributed by atoms with Gasteiger partial charge in [-0.15, -0.1) is 12.4 Å². The van der Waals surface area contributed by atoms with Crippen molar-refractivity contribution in [1.82, 2.24) is 4.90 Å². The van der Waals surface area contributed by atoms with Gasteiger partial charge in [-0.3, -0.25) is 9.59 Å². The topological polar surface area (TPSA) is 84.7 Å². The normalized spacial score (nSPS) is 19.7. The number of hydrogen-bond donors (Lipinski definition) is 2. The number of piperidine rings is 1. The van der Waals surface area contributed by atoms with Crippen molar-refractivity contribution >= 4 is 29.9 Å². The summed E-state index contributed by atoms with van der Waals surface area (Å²) in [5.41, 5.74) is 6.14. The Hall–Kier alpha value is -1.79. The maximum absolute atomic E-state index is 12.5. The predicted molar refractivity (Wildman–Crippen MR) is 98.9 cm³/mol. The van der Waals surface area contributed by atoms with Gasteiger partial charge in [0, 0.05) is 31.2 Å². The molecule has 7 heteroatoms. The summed E-state index contributed by atoms with van der Waals surface area (Å²) in [6.07, 6.45) is 3.73. The highest BCUT2D eigenvalue weighted by atomic mass is 35.5. The van der Waals surface area contributed by atoms with Gasteiger partial charge < -0.3 is 20.7 Å². The lowest BCUT2D eigenvalue weighted by molar-refractivity contribution is -0.135. The molecule has 0 radical (unpaired) electrons. The molecule has 1 heterocycles. The molecule has 0 aromatic heterocycles. The zero-order valence-corrected chi connectivity index (χ0v) is 15.1. The maximum Gasteiger partial charge on any atom is 0.229 e. The molecule has 1 aliphatic carbocycles. The minimum atomic E-state index is -0.130. The molecule has 1 unspecified atom stereocenters. The third-order valence-corrected chi connectivity index (χ3v) is 4.54. The van der Waals surface area contributed by atoms with Crippen molar-refractivity contribution in [3.05, 3.63) is 24.3 Å². The Morgan fingerprint density at radius 1 is 1.16 bits per heavy atom. The second kappa shape index (κ2) is 9.06. The van der Waals surface area contributed by atoms with Gasteiger partial charge in [-0.1, -0.05) is 0 Å². The fourth-order valence-electron chi connectivity index (χ4n) is 3.04. The Morgan fingerprint density at radius 3 is 2.52 bits per heavy atom. The molecular formula is C18H26ClN3O3. The summed E-state index contributed by atoms with van der Waals surface area (Å²) in [6, 6.07) is 7.27. The highest BCUT2D eigenvalue weighted by molar-refractivity contribution is 5.93. The molecule has 1 aliphatic heterocycles. The van der Waals surface area contributed by atoms with Gasteiger partial charge in [0.25, 0.3) is 0 Å². The van der Waals surface area contributed by atoms with Crippen LogP contribution in [0, 0.1) is 11.8 Å². The lowest BCUT2D eigenvalue weighted by atomic mass is 9.96. The van der Waals surface area contributed by atoms with Crippen LogP contribution in [0.15, 0.2) is 24.3 Å². The quantitative estimate of drug-likeness (QED) is 0.805. The van der Waals surface area contributed by atoms with E-state index in [1.165, 1.54) is 0 Å². The average Bonchev–Trinajstić information content (AvgIpc) is 3.45. The standard InChI is InChI=1S/C18H25N3O3.ClH/c19-9-11-24-16-7-5-15(6-8-16)20-17(22)14-2-1-10-21(12-14)18(23)13-3-4-13;/h5-8,13-14H,1-4,9-12,19H2,(H,20,22);1H. The van der Waals surface area contributed by atoms with Crippen LogP contribution in [0.3, 0.4) is 0 Å². The number of nitrogens with two attached hydrogens (primary N) is 1. The van der Waals surface area contributed by atoms with Crippen LogP contribution in [0.2, 0.25) is 0 Å². The van der Waals surface area contributed by atoms with Crippen LogP contribution < -0.4 is 15.8 Å². The third-order valence-electron chi connectivity index (χ3n) is 4.54. The van der Waals surface area contributed by atoms with E-state index in [0.29, 0.717) is 19.7 Å². The zero-order chi connectivity index (χ0) is 16.9. The Kier molecular flexibility index (Phi) is 7.08. The SMILES string of the molecule is Cl.NCCOc1ccc(NC(=O)C2CCCN(C(=O)C3CC3)C2)cc1. The van der Waals surface area contributed by atoms with E-state index < -0.39 is 0 Å². The van der Waals surface area contributed by atoms with E-state index in [1.807, 2.05) is 29.2 Å². The van der Waals surface area contributed by atoms with Gasteiger partial charge in [-0.05, 0) is 49.9 Å². The summed E-state index contributed by atoms with van der Waals surface area (Å²) in [4.78, 5) is 26.5. The van der Waals surface area contributed by atoms with E-state index >= 15 is 0 Å². The van der Waals surface area contributed by atoms with Crippen molar-refractivity contribution < 1.29 is 14.3 Å². The fourth-order valence-corrected chi connectivity index (χ4v) is 3.04. The number of likely N-dealkylation sites (tertiary alicyclic amines) is 1. The molecular weight excluding hydrogens is 342 g/mol. The van der Waals surface area contributed by atoms with E-state index in [2.05, 4.69) is 5.32 Å². The number of halogens is 1. The minimum Gasteiger partial charge on any atom is -0.492 e. The average molecular weight is 368 g/mol. The number of anilines is 1. The van der Waals surface area contributed by atoms with Crippen LogP contribution in [-0.4, -0.2) is 43.0 Å². The number of hydrogen-bond acceptors (Lipinski definition) is 4. The molecule has 3 rings (SSSR count). The molecule has 2 aliphatic rings. The number of rotatable bonds is 6. The van der Waals surface area contributed by atoms with Gasteiger partial charge in [0.1, 0.15) is 12.4 Å². The first-order valence-electron chi connectivity index (χ1n) is 8.70. The summed E-state index contributed by atoms with van der Waals surface area (Å²) in [6.45, 7) is 2.26. The number of nitrogens with one attached hydrogen (secondary N) is 1. The molecule has 0 spiro atoms. The van der Waals surface area contributed by atoms with Crippen molar-refractivity contribution in [1.29, 1.82) is 0 Å². The zero-order valence-electron chi connectivity index (χ0n) is 14.3. The fraction of sp³-hybridized carbons (Fsp3) is 0.556. The van der Waals surface area contributed by atoms with Crippen molar-refractivity contribution in [2.75, 3.05) is 31.6 Å². The first kappa shape index (κ1) is 19.5. The third kappa shape index (κ3) is 5.34. The Morgan fingerprint density at radius 2 is 1.88 bits per heavy atom. The largest absolute Gasteiger partial charge is 0.492 e. The molecule has 1 saturated heterocycles. The molecule has 1 atom stereocenters. The van der Waals surface area contributed by atoms with Crippen molar-refractivity contribution in [3.8, 4) is 5.75 Å². The summed E-state index contributed by atoms with van der Waals surface area (Å²) in [5.74, 6) is 1.03. The number of nitrogens with zero attached hydrogens (tertiary/aromatic N) is 1. The molecule has 3 N–H and O–H groups in total. The van der Waals surface area contributed by atoms with Gasteiger partial charge >= 0.3 is 0 Å². The molecule has 138 valence electrons. The molecule has 1 aromatic carbocycles. The van der Waals surface area contributed by atoms with Crippen LogP contribution in [0.25, 0.3) is 0 Å². The minimum absolute atomic E-state index is 0. The van der Waals surface area contributed by atoms with E-state index in [4.69, 9.17) is 10.5 Å². The van der Waals surface area contributed by atoms with Gasteiger partial charge in [-0.25, -0.2) is 0 Å². The second-order valence-electron chi connectivity index (χ2n) is 6.55. The predicted octanol–water partition coefficient (Wildman–Crippen LogP) is 2.03. The summed E-state index contributed by atoms with van der Waals surface area (Å²) >= 11 is 0. The van der Waals surface area contributed by atoms with Crippen LogP contribution in [0.4, 0.5) is 5.69 Å². The first-order chi connectivity index (χ1) is 11.7. The summed E-state index contributed by atoms with van der Waals surface area (Å²) in [5, 5.41) is 2.94. The van der Waals surface area contributed by atoms with Crippen molar-refractivity contribution in [2.24, 2.45) is 17.6 Å². The molecule has 2 fully saturated rings. The molecule has 0 bridgehead atoms. The number of ether oxygens (including phenoxy) is 1. The van der Waals surface area contributed by atoms with Gasteiger partial charge in [0.05, 0.1) is 5.92 Å². The van der Waals surface area contributed by atoms with Crippen LogP contribution in [0.1, 0.15) is 25.7 Å². The Balaban J connectivity index is 0.00000225. The summed E-state index contributed by atoms with van der Waals surface area (Å²) in [7, 11) is 0. The molecule has 1 saturated carbocycles. The lowest BCUT2D eigenvalue weighted by Crippen LogP contribution is -2.44. The highest BCUT2D eigenvalue weighted by Gasteiger charge is 2.36.